The van der Waals surface area contributed by atoms with Crippen LogP contribution in [0, 0.1) is 5.92 Å². The van der Waals surface area contributed by atoms with Crippen LogP contribution in [0.4, 0.5) is 0 Å². The summed E-state index contributed by atoms with van der Waals surface area (Å²) in [6.07, 6.45) is 0.948. The lowest BCUT2D eigenvalue weighted by molar-refractivity contribution is -0.135. The molecule has 0 aliphatic carbocycles. The highest BCUT2D eigenvalue weighted by Gasteiger charge is 2.35. The number of ketones is 1. The highest BCUT2D eigenvalue weighted by molar-refractivity contribution is 5.87. The van der Waals surface area contributed by atoms with Crippen molar-refractivity contribution in [1.29, 1.82) is 0 Å². The average Bonchev–Trinajstić information content (AvgIpc) is 2.30. The van der Waals surface area contributed by atoms with Gasteiger partial charge in [-0.1, -0.05) is 6.92 Å². The fourth-order valence-corrected chi connectivity index (χ4v) is 1.92. The van der Waals surface area contributed by atoms with Gasteiger partial charge < -0.3 is 4.90 Å². The van der Waals surface area contributed by atoms with Crippen molar-refractivity contribution in [2.45, 2.75) is 33.2 Å². The molecule has 0 spiro atoms. The number of hydrogen-bond acceptors (Lipinski definition) is 2. The second kappa shape index (κ2) is 3.25. The van der Waals surface area contributed by atoms with Gasteiger partial charge in [0.05, 0.1) is 6.04 Å². The van der Waals surface area contributed by atoms with Gasteiger partial charge in [0.1, 0.15) is 0 Å². The van der Waals surface area contributed by atoms with Gasteiger partial charge in [-0.3, -0.25) is 9.59 Å². The molecule has 2 atom stereocenters. The number of carbonyl (C=O) groups excluding carboxylic acids is 2. The molecular weight excluding hydrogens is 154 g/mol. The molecule has 68 valence electrons. The topological polar surface area (TPSA) is 37.4 Å². The third kappa shape index (κ3) is 1.49. The van der Waals surface area contributed by atoms with Crippen molar-refractivity contribution < 1.29 is 9.59 Å². The van der Waals surface area contributed by atoms with E-state index in [0.717, 1.165) is 13.0 Å². The van der Waals surface area contributed by atoms with Crippen LogP contribution in [0.25, 0.3) is 0 Å². The molecule has 0 N–H and O–H groups in total. The molecule has 1 fully saturated rings. The van der Waals surface area contributed by atoms with Gasteiger partial charge in [-0.25, -0.2) is 0 Å². The highest BCUT2D eigenvalue weighted by Crippen LogP contribution is 2.24. The Morgan fingerprint density at radius 1 is 1.33 bits per heavy atom. The van der Waals surface area contributed by atoms with Crippen LogP contribution < -0.4 is 0 Å². The Bertz CT molecular complexity index is 213. The molecule has 3 nitrogen and oxygen atoms in total. The molecule has 0 saturated carbocycles. The molecule has 1 heterocycles. The molecule has 0 aromatic heterocycles. The van der Waals surface area contributed by atoms with Crippen molar-refractivity contribution in [2.24, 2.45) is 5.92 Å². The summed E-state index contributed by atoms with van der Waals surface area (Å²) in [5.41, 5.74) is 0. The van der Waals surface area contributed by atoms with E-state index in [0.29, 0.717) is 5.92 Å². The third-order valence-electron chi connectivity index (χ3n) is 2.52. The maximum Gasteiger partial charge on any atom is 0.220 e. The van der Waals surface area contributed by atoms with Crippen molar-refractivity contribution in [2.75, 3.05) is 6.54 Å². The Hall–Kier alpha value is -0.860. The molecule has 1 aliphatic heterocycles. The van der Waals surface area contributed by atoms with Crippen LogP contribution in [0.15, 0.2) is 0 Å². The first-order valence-corrected chi connectivity index (χ1v) is 4.31. The van der Waals surface area contributed by atoms with Crippen LogP contribution in [-0.2, 0) is 9.59 Å². The Morgan fingerprint density at radius 3 is 2.25 bits per heavy atom. The molecule has 0 unspecified atom stereocenters. The van der Waals surface area contributed by atoms with Crippen molar-refractivity contribution in [3.05, 3.63) is 0 Å². The van der Waals surface area contributed by atoms with E-state index in [1.54, 1.807) is 11.8 Å². The molecule has 1 saturated heterocycles. The van der Waals surface area contributed by atoms with Gasteiger partial charge in [-0.2, -0.15) is 0 Å². The fraction of sp³-hybridized carbons (Fsp3) is 0.778. The number of rotatable bonds is 1. The first-order valence-electron chi connectivity index (χ1n) is 4.31. The molecular formula is C9H15NO2. The van der Waals surface area contributed by atoms with Gasteiger partial charge >= 0.3 is 0 Å². The Labute approximate surface area is 72.7 Å². The highest BCUT2D eigenvalue weighted by atomic mass is 16.2. The van der Waals surface area contributed by atoms with Gasteiger partial charge in [0.15, 0.2) is 5.78 Å². The molecule has 1 aliphatic rings. The third-order valence-corrected chi connectivity index (χ3v) is 2.52. The number of nitrogens with zero attached hydrogens (tertiary/aromatic N) is 1. The minimum absolute atomic E-state index is 0.0135. The Balaban J connectivity index is 2.77. The monoisotopic (exact) mass is 169 g/mol. The molecule has 1 rings (SSSR count). The van der Waals surface area contributed by atoms with Crippen LogP contribution in [0.5, 0.6) is 0 Å². The molecule has 1 amide bonds. The van der Waals surface area contributed by atoms with Crippen LogP contribution in [0.2, 0.25) is 0 Å². The summed E-state index contributed by atoms with van der Waals surface area (Å²) in [6.45, 7) is 5.84. The Morgan fingerprint density at radius 2 is 1.92 bits per heavy atom. The van der Waals surface area contributed by atoms with Crippen molar-refractivity contribution >= 4 is 11.7 Å². The van der Waals surface area contributed by atoms with Gasteiger partial charge in [0.2, 0.25) is 5.91 Å². The number of carbonyl (C=O) groups is 2. The molecule has 12 heavy (non-hydrogen) atoms. The summed E-state index contributed by atoms with van der Waals surface area (Å²) < 4.78 is 0. The van der Waals surface area contributed by atoms with Crippen LogP contribution in [-0.4, -0.2) is 29.2 Å². The van der Waals surface area contributed by atoms with E-state index < -0.39 is 0 Å². The number of likely N-dealkylation sites (tertiary alicyclic amines) is 1. The van der Waals surface area contributed by atoms with E-state index >= 15 is 0 Å². The van der Waals surface area contributed by atoms with Crippen LogP contribution in [0.1, 0.15) is 27.2 Å². The van der Waals surface area contributed by atoms with Gasteiger partial charge in [-0.05, 0) is 19.3 Å². The van der Waals surface area contributed by atoms with E-state index in [-0.39, 0.29) is 17.7 Å². The summed E-state index contributed by atoms with van der Waals surface area (Å²) in [5.74, 6) is 0.446. The quantitative estimate of drug-likeness (QED) is 0.583. The van der Waals surface area contributed by atoms with E-state index in [9.17, 15) is 9.59 Å². The zero-order chi connectivity index (χ0) is 9.30. The second-order valence-electron chi connectivity index (χ2n) is 3.53. The van der Waals surface area contributed by atoms with Crippen LogP contribution >= 0.6 is 0 Å². The normalized spacial score (nSPS) is 29.1. The predicted octanol–water partition coefficient (Wildman–Crippen LogP) is 0.832. The van der Waals surface area contributed by atoms with Crippen molar-refractivity contribution in [3.8, 4) is 0 Å². The maximum absolute atomic E-state index is 11.2. The number of hydrogen-bond donors (Lipinski definition) is 0. The summed E-state index contributed by atoms with van der Waals surface area (Å²) in [4.78, 5) is 23.9. The van der Waals surface area contributed by atoms with Gasteiger partial charge in [0.25, 0.3) is 0 Å². The molecule has 0 aromatic carbocycles. The van der Waals surface area contributed by atoms with Gasteiger partial charge in [0, 0.05) is 13.5 Å². The largest absolute Gasteiger partial charge is 0.333 e. The summed E-state index contributed by atoms with van der Waals surface area (Å²) in [6, 6.07) is -0.164. The lowest BCUT2D eigenvalue weighted by Gasteiger charge is -2.22. The SMILES string of the molecule is CC(=O)[C@@H]1[C@H](C)CCN1C(C)=O. The minimum atomic E-state index is -0.164. The average molecular weight is 169 g/mol. The fourth-order valence-electron chi connectivity index (χ4n) is 1.92. The molecule has 0 bridgehead atoms. The van der Waals surface area contributed by atoms with Gasteiger partial charge in [-0.15, -0.1) is 0 Å². The van der Waals surface area contributed by atoms with E-state index in [2.05, 4.69) is 0 Å². The van der Waals surface area contributed by atoms with Crippen LogP contribution in [0.3, 0.4) is 0 Å². The summed E-state index contributed by atoms with van der Waals surface area (Å²) >= 11 is 0. The van der Waals surface area contributed by atoms with E-state index in [4.69, 9.17) is 0 Å². The molecule has 0 aromatic rings. The van der Waals surface area contributed by atoms with Crippen molar-refractivity contribution in [1.82, 2.24) is 4.90 Å². The second-order valence-corrected chi connectivity index (χ2v) is 3.53. The molecule has 3 heteroatoms. The zero-order valence-corrected chi connectivity index (χ0v) is 7.83. The maximum atomic E-state index is 11.2. The lowest BCUT2D eigenvalue weighted by atomic mass is 10.00. The number of amides is 1. The summed E-state index contributed by atoms with van der Waals surface area (Å²) in [5, 5.41) is 0. The molecule has 0 radical (unpaired) electrons. The first kappa shape index (κ1) is 9.23. The van der Waals surface area contributed by atoms with E-state index in [1.165, 1.54) is 6.92 Å². The smallest absolute Gasteiger partial charge is 0.220 e. The predicted molar refractivity (Wildman–Crippen MR) is 45.6 cm³/mol. The minimum Gasteiger partial charge on any atom is -0.333 e. The lowest BCUT2D eigenvalue weighted by Crippen LogP contribution is -2.40. The summed E-state index contributed by atoms with van der Waals surface area (Å²) in [7, 11) is 0. The number of Topliss-reactive ketones (excluding diaryl/α,β-unsaturated/α-hetero) is 1. The van der Waals surface area contributed by atoms with Crippen molar-refractivity contribution in [3.63, 3.8) is 0 Å². The first-order chi connectivity index (χ1) is 5.54. The Kier molecular flexibility index (Phi) is 2.50. The van der Waals surface area contributed by atoms with E-state index in [1.807, 2.05) is 6.92 Å². The zero-order valence-electron chi connectivity index (χ0n) is 7.83. The standard InChI is InChI=1S/C9H15NO2/c1-6-4-5-10(8(3)12)9(6)7(2)11/h6,9H,4-5H2,1-3H3/t6-,9+/m1/s1.